The number of rotatable bonds is 3. The summed E-state index contributed by atoms with van der Waals surface area (Å²) in [6, 6.07) is 15.0. The molecule has 92 valence electrons. The van der Waals surface area contributed by atoms with Crippen molar-refractivity contribution < 1.29 is 4.79 Å². The highest BCUT2D eigenvalue weighted by Crippen LogP contribution is 2.26. The summed E-state index contributed by atoms with van der Waals surface area (Å²) in [5, 5.41) is 0. The molecule has 0 aliphatic carbocycles. The smallest absolute Gasteiger partial charge is 0.171 e. The molecule has 1 atom stereocenters. The van der Waals surface area contributed by atoms with Gasteiger partial charge in [-0.3, -0.25) is 4.79 Å². The van der Waals surface area contributed by atoms with Crippen LogP contribution in [0.4, 0.5) is 5.69 Å². The second-order valence-electron chi connectivity index (χ2n) is 4.24. The summed E-state index contributed by atoms with van der Waals surface area (Å²) in [6.07, 6.45) is 0. The summed E-state index contributed by atoms with van der Waals surface area (Å²) in [7, 11) is 0. The third-order valence-corrected chi connectivity index (χ3v) is 3.61. The minimum Gasteiger partial charge on any atom is -0.399 e. The molecule has 0 saturated carbocycles. The normalized spacial score (nSPS) is 12.1. The molecule has 2 nitrogen and oxygen atoms in total. The number of ketones is 1. The van der Waals surface area contributed by atoms with Crippen molar-refractivity contribution in [2.24, 2.45) is 0 Å². The first kappa shape index (κ1) is 12.8. The monoisotopic (exact) mass is 303 g/mol. The van der Waals surface area contributed by atoms with Crippen LogP contribution < -0.4 is 5.73 Å². The Morgan fingerprint density at radius 2 is 1.83 bits per heavy atom. The summed E-state index contributed by atoms with van der Waals surface area (Å²) in [4.78, 5) is 12.4. The number of nitrogen functional groups attached to an aromatic ring is 1. The van der Waals surface area contributed by atoms with E-state index in [0.29, 0.717) is 11.3 Å². The Hall–Kier alpha value is -1.61. The number of carbonyl (C=O) groups is 1. The summed E-state index contributed by atoms with van der Waals surface area (Å²) >= 11 is 3.39. The Morgan fingerprint density at radius 1 is 1.17 bits per heavy atom. The largest absolute Gasteiger partial charge is 0.399 e. The molecule has 2 aromatic carbocycles. The maximum absolute atomic E-state index is 12.4. The van der Waals surface area contributed by atoms with Crippen LogP contribution in [0.2, 0.25) is 0 Å². The molecule has 0 aromatic heterocycles. The van der Waals surface area contributed by atoms with Crippen molar-refractivity contribution in [3.8, 4) is 0 Å². The topological polar surface area (TPSA) is 43.1 Å². The summed E-state index contributed by atoms with van der Waals surface area (Å²) in [6.45, 7) is 1.92. The predicted molar refractivity (Wildman–Crippen MR) is 77.7 cm³/mol. The third-order valence-electron chi connectivity index (χ3n) is 2.95. The second kappa shape index (κ2) is 5.36. The highest BCUT2D eigenvalue weighted by Gasteiger charge is 2.19. The fourth-order valence-electron chi connectivity index (χ4n) is 1.86. The van der Waals surface area contributed by atoms with E-state index in [1.165, 1.54) is 0 Å². The Labute approximate surface area is 115 Å². The molecule has 1 unspecified atom stereocenters. The van der Waals surface area contributed by atoms with Crippen molar-refractivity contribution in [2.75, 3.05) is 5.73 Å². The van der Waals surface area contributed by atoms with Gasteiger partial charge in [-0.1, -0.05) is 37.3 Å². The summed E-state index contributed by atoms with van der Waals surface area (Å²) in [5.74, 6) is -0.0702. The van der Waals surface area contributed by atoms with E-state index in [2.05, 4.69) is 15.9 Å². The molecule has 18 heavy (non-hydrogen) atoms. The van der Waals surface area contributed by atoms with Crippen LogP contribution in [0.1, 0.15) is 28.8 Å². The van der Waals surface area contributed by atoms with Crippen molar-refractivity contribution >= 4 is 27.4 Å². The van der Waals surface area contributed by atoms with Crippen LogP contribution in [0.5, 0.6) is 0 Å². The molecule has 0 aliphatic rings. The Kier molecular flexibility index (Phi) is 3.82. The Bertz CT molecular complexity index is 566. The molecule has 0 bridgehead atoms. The van der Waals surface area contributed by atoms with E-state index in [9.17, 15) is 4.79 Å². The van der Waals surface area contributed by atoms with Crippen molar-refractivity contribution in [2.45, 2.75) is 12.8 Å². The van der Waals surface area contributed by atoms with Gasteiger partial charge in [-0.05, 0) is 39.7 Å². The molecule has 0 spiro atoms. The lowest BCUT2D eigenvalue weighted by atomic mass is 9.92. The van der Waals surface area contributed by atoms with Crippen LogP contribution in [-0.4, -0.2) is 5.78 Å². The Morgan fingerprint density at radius 3 is 2.44 bits per heavy atom. The van der Waals surface area contributed by atoms with Crippen molar-refractivity contribution in [3.05, 3.63) is 64.1 Å². The van der Waals surface area contributed by atoms with E-state index in [1.54, 1.807) is 18.2 Å². The number of hydrogen-bond acceptors (Lipinski definition) is 2. The van der Waals surface area contributed by atoms with Crippen LogP contribution in [0, 0.1) is 0 Å². The highest BCUT2D eigenvalue weighted by molar-refractivity contribution is 9.10. The van der Waals surface area contributed by atoms with E-state index in [1.807, 2.05) is 37.3 Å². The first-order valence-corrected chi connectivity index (χ1v) is 6.53. The number of nitrogens with two attached hydrogens (primary N) is 1. The zero-order chi connectivity index (χ0) is 13.1. The third kappa shape index (κ3) is 2.62. The number of hydrogen-bond donors (Lipinski definition) is 1. The van der Waals surface area contributed by atoms with Gasteiger partial charge in [-0.25, -0.2) is 0 Å². The number of halogens is 1. The van der Waals surface area contributed by atoms with Gasteiger partial charge in [0.25, 0.3) is 0 Å². The van der Waals surface area contributed by atoms with E-state index in [-0.39, 0.29) is 11.7 Å². The molecule has 3 heteroatoms. The van der Waals surface area contributed by atoms with Crippen LogP contribution >= 0.6 is 15.9 Å². The van der Waals surface area contributed by atoms with Crippen LogP contribution in [0.3, 0.4) is 0 Å². The van der Waals surface area contributed by atoms with Crippen LogP contribution in [0.25, 0.3) is 0 Å². The molecule has 0 amide bonds. The molecule has 2 aromatic rings. The maximum Gasteiger partial charge on any atom is 0.171 e. The summed E-state index contributed by atoms with van der Waals surface area (Å²) in [5.41, 5.74) is 8.00. The van der Waals surface area contributed by atoms with Crippen molar-refractivity contribution in [3.63, 3.8) is 0 Å². The number of Topliss-reactive ketones (excluding diaryl/α,β-unsaturated/α-hetero) is 1. The molecule has 0 radical (unpaired) electrons. The molecule has 2 rings (SSSR count). The van der Waals surface area contributed by atoms with Crippen molar-refractivity contribution in [1.29, 1.82) is 0 Å². The van der Waals surface area contributed by atoms with Gasteiger partial charge in [0.2, 0.25) is 0 Å². The minimum absolute atomic E-state index is 0.0908. The highest BCUT2D eigenvalue weighted by atomic mass is 79.9. The average Bonchev–Trinajstić information content (AvgIpc) is 2.38. The number of anilines is 1. The standard InChI is InChI=1S/C15H14BrNO/c1-10(11-5-3-2-4-6-11)15(18)13-8-7-12(17)9-14(13)16/h2-10H,17H2,1H3. The van der Waals surface area contributed by atoms with Gasteiger partial charge >= 0.3 is 0 Å². The quantitative estimate of drug-likeness (QED) is 0.687. The van der Waals surface area contributed by atoms with Crippen LogP contribution in [0.15, 0.2) is 53.0 Å². The van der Waals surface area contributed by atoms with Crippen molar-refractivity contribution in [1.82, 2.24) is 0 Å². The van der Waals surface area contributed by atoms with Gasteiger partial charge in [0, 0.05) is 21.6 Å². The SMILES string of the molecule is CC(C(=O)c1ccc(N)cc1Br)c1ccccc1. The van der Waals surface area contributed by atoms with E-state index < -0.39 is 0 Å². The van der Waals surface area contributed by atoms with Gasteiger partial charge in [0.1, 0.15) is 0 Å². The average molecular weight is 304 g/mol. The van der Waals surface area contributed by atoms with E-state index in [4.69, 9.17) is 5.73 Å². The first-order valence-electron chi connectivity index (χ1n) is 5.74. The van der Waals surface area contributed by atoms with Gasteiger partial charge in [0.15, 0.2) is 5.78 Å². The molecule has 0 fully saturated rings. The lowest BCUT2D eigenvalue weighted by Crippen LogP contribution is -2.10. The predicted octanol–water partition coefficient (Wildman–Crippen LogP) is 4.02. The molecule has 2 N–H and O–H groups in total. The minimum atomic E-state index is -0.161. The fraction of sp³-hybridized carbons (Fsp3) is 0.133. The first-order chi connectivity index (χ1) is 8.59. The van der Waals surface area contributed by atoms with Gasteiger partial charge in [-0.2, -0.15) is 0 Å². The number of carbonyl (C=O) groups excluding carboxylic acids is 1. The molecular formula is C15H14BrNO. The second-order valence-corrected chi connectivity index (χ2v) is 5.09. The maximum atomic E-state index is 12.4. The molecule has 0 aliphatic heterocycles. The lowest BCUT2D eigenvalue weighted by molar-refractivity contribution is 0.0965. The van der Waals surface area contributed by atoms with Gasteiger partial charge in [0.05, 0.1) is 0 Å². The van der Waals surface area contributed by atoms with E-state index >= 15 is 0 Å². The summed E-state index contributed by atoms with van der Waals surface area (Å²) < 4.78 is 0.746. The zero-order valence-electron chi connectivity index (χ0n) is 10.1. The lowest BCUT2D eigenvalue weighted by Gasteiger charge is -2.12. The zero-order valence-corrected chi connectivity index (χ0v) is 11.6. The Balaban J connectivity index is 2.32. The van der Waals surface area contributed by atoms with Gasteiger partial charge in [-0.15, -0.1) is 0 Å². The van der Waals surface area contributed by atoms with Gasteiger partial charge < -0.3 is 5.73 Å². The van der Waals surface area contributed by atoms with Crippen LogP contribution in [-0.2, 0) is 0 Å². The molecule has 0 heterocycles. The molecular weight excluding hydrogens is 290 g/mol. The number of benzene rings is 2. The van der Waals surface area contributed by atoms with E-state index in [0.717, 1.165) is 10.0 Å². The fourth-order valence-corrected chi connectivity index (χ4v) is 2.45. The molecule has 0 saturated heterocycles.